The Morgan fingerprint density at radius 3 is 2.54 bits per heavy atom. The molecule has 13 heavy (non-hydrogen) atoms. The fraction of sp³-hybridized carbons (Fsp3) is 0.400. The second kappa shape index (κ2) is 4.97. The molecule has 1 unspecified atom stereocenters. The Balaban J connectivity index is 2.35. The highest BCUT2D eigenvalue weighted by Crippen LogP contribution is 2.03. The van der Waals surface area contributed by atoms with Crippen molar-refractivity contribution in [3.8, 4) is 0 Å². The van der Waals surface area contributed by atoms with Crippen LogP contribution in [0.2, 0.25) is 0 Å². The molecule has 72 valence electrons. The predicted molar refractivity (Wildman–Crippen MR) is 50.9 cm³/mol. The van der Waals surface area contributed by atoms with E-state index in [1.54, 1.807) is 6.92 Å². The van der Waals surface area contributed by atoms with Gasteiger partial charge in [-0.1, -0.05) is 30.3 Å². The topological polar surface area (TPSA) is 55.5 Å². The number of nitrogens with two attached hydrogens (primary N) is 1. The van der Waals surface area contributed by atoms with E-state index in [2.05, 4.69) is 0 Å². The Morgan fingerprint density at radius 2 is 2.00 bits per heavy atom. The van der Waals surface area contributed by atoms with Crippen LogP contribution in [0.3, 0.4) is 0 Å². The molecule has 0 radical (unpaired) electrons. The summed E-state index contributed by atoms with van der Waals surface area (Å²) in [5.74, 6) is 0. The molecular formula is C10H15NO2. The average Bonchev–Trinajstić information content (AvgIpc) is 2.15. The van der Waals surface area contributed by atoms with Crippen molar-refractivity contribution >= 4 is 0 Å². The van der Waals surface area contributed by atoms with Crippen molar-refractivity contribution in [2.45, 2.75) is 25.9 Å². The summed E-state index contributed by atoms with van der Waals surface area (Å²) >= 11 is 0. The van der Waals surface area contributed by atoms with Crippen LogP contribution in [-0.4, -0.2) is 17.4 Å². The van der Waals surface area contributed by atoms with Gasteiger partial charge >= 0.3 is 0 Å². The summed E-state index contributed by atoms with van der Waals surface area (Å²) in [6.45, 7) is 2.10. The molecule has 0 spiro atoms. The first-order valence-electron chi connectivity index (χ1n) is 4.29. The number of ether oxygens (including phenoxy) is 1. The molecule has 3 N–H and O–H groups in total. The van der Waals surface area contributed by atoms with Crippen molar-refractivity contribution in [1.82, 2.24) is 0 Å². The molecule has 2 atom stereocenters. The maximum absolute atomic E-state index is 9.24. The summed E-state index contributed by atoms with van der Waals surface area (Å²) in [7, 11) is 0. The quantitative estimate of drug-likeness (QED) is 0.678. The molecule has 0 aliphatic carbocycles. The Labute approximate surface area is 78.1 Å². The van der Waals surface area contributed by atoms with Gasteiger partial charge in [-0.2, -0.15) is 0 Å². The highest BCUT2D eigenvalue weighted by molar-refractivity contribution is 5.13. The van der Waals surface area contributed by atoms with Gasteiger partial charge in [-0.05, 0) is 12.5 Å². The summed E-state index contributed by atoms with van der Waals surface area (Å²) in [6.07, 6.45) is -0.889. The fourth-order valence-electron chi connectivity index (χ4n) is 0.908. The van der Waals surface area contributed by atoms with Crippen LogP contribution < -0.4 is 5.73 Å². The number of aliphatic hydroxyl groups excluding tert-OH is 1. The lowest BCUT2D eigenvalue weighted by Crippen LogP contribution is -2.33. The molecule has 0 aliphatic rings. The van der Waals surface area contributed by atoms with Gasteiger partial charge in [-0.3, -0.25) is 0 Å². The maximum atomic E-state index is 9.24. The van der Waals surface area contributed by atoms with Gasteiger partial charge in [0, 0.05) is 0 Å². The number of hydrogen-bond acceptors (Lipinski definition) is 3. The van der Waals surface area contributed by atoms with Gasteiger partial charge in [-0.25, -0.2) is 0 Å². The van der Waals surface area contributed by atoms with Crippen molar-refractivity contribution in [3.05, 3.63) is 35.9 Å². The van der Waals surface area contributed by atoms with Gasteiger partial charge in [0.2, 0.25) is 0 Å². The lowest BCUT2D eigenvalue weighted by Gasteiger charge is -2.14. The smallest absolute Gasteiger partial charge is 0.169 e. The Hall–Kier alpha value is -0.900. The first-order chi connectivity index (χ1) is 6.20. The number of rotatable bonds is 4. The van der Waals surface area contributed by atoms with Crippen LogP contribution in [0.25, 0.3) is 0 Å². The summed E-state index contributed by atoms with van der Waals surface area (Å²) in [5.41, 5.74) is 6.45. The molecule has 3 nitrogen and oxygen atoms in total. The molecule has 0 aromatic heterocycles. The molecule has 1 aromatic rings. The molecule has 3 heteroatoms. The summed E-state index contributed by atoms with van der Waals surface area (Å²) < 4.78 is 5.12. The van der Waals surface area contributed by atoms with Crippen LogP contribution in [0, 0.1) is 0 Å². The molecule has 0 fully saturated rings. The Morgan fingerprint density at radius 1 is 1.38 bits per heavy atom. The van der Waals surface area contributed by atoms with Crippen LogP contribution in [-0.2, 0) is 11.3 Å². The third-order valence-corrected chi connectivity index (χ3v) is 1.71. The van der Waals surface area contributed by atoms with Crippen molar-refractivity contribution in [2.24, 2.45) is 5.73 Å². The maximum Gasteiger partial charge on any atom is 0.169 e. The molecule has 0 amide bonds. The first kappa shape index (κ1) is 10.2. The normalized spacial score (nSPS) is 15.3. The zero-order valence-electron chi connectivity index (χ0n) is 7.68. The fourth-order valence-corrected chi connectivity index (χ4v) is 0.908. The van der Waals surface area contributed by atoms with Crippen LogP contribution in [0.4, 0.5) is 0 Å². The van der Waals surface area contributed by atoms with Crippen molar-refractivity contribution in [2.75, 3.05) is 0 Å². The van der Waals surface area contributed by atoms with Crippen LogP contribution in [0.5, 0.6) is 0 Å². The largest absolute Gasteiger partial charge is 0.367 e. The average molecular weight is 181 g/mol. The molecule has 0 saturated heterocycles. The van der Waals surface area contributed by atoms with E-state index >= 15 is 0 Å². The lowest BCUT2D eigenvalue weighted by atomic mass is 10.2. The van der Waals surface area contributed by atoms with E-state index in [-0.39, 0.29) is 6.04 Å². The third kappa shape index (κ3) is 3.55. The molecule has 1 rings (SSSR count). The van der Waals surface area contributed by atoms with E-state index in [0.29, 0.717) is 6.61 Å². The SMILES string of the molecule is CC(N)[C@H](O)OCc1ccccc1. The number of benzene rings is 1. The summed E-state index contributed by atoms with van der Waals surface area (Å²) in [5, 5.41) is 9.24. The summed E-state index contributed by atoms with van der Waals surface area (Å²) in [6, 6.07) is 9.31. The van der Waals surface area contributed by atoms with Gasteiger partial charge in [0.25, 0.3) is 0 Å². The number of hydrogen-bond donors (Lipinski definition) is 2. The van der Waals surface area contributed by atoms with Crippen LogP contribution >= 0.6 is 0 Å². The highest BCUT2D eigenvalue weighted by atomic mass is 16.6. The van der Waals surface area contributed by atoms with Crippen LogP contribution in [0.15, 0.2) is 30.3 Å². The zero-order chi connectivity index (χ0) is 9.68. The number of aliphatic hydroxyl groups is 1. The van der Waals surface area contributed by atoms with Crippen LogP contribution in [0.1, 0.15) is 12.5 Å². The second-order valence-electron chi connectivity index (χ2n) is 3.05. The molecular weight excluding hydrogens is 166 g/mol. The molecule has 0 saturated carbocycles. The van der Waals surface area contributed by atoms with Gasteiger partial charge in [0.15, 0.2) is 6.29 Å². The second-order valence-corrected chi connectivity index (χ2v) is 3.05. The van der Waals surface area contributed by atoms with Gasteiger partial charge < -0.3 is 15.6 Å². The van der Waals surface area contributed by atoms with Gasteiger partial charge in [0.05, 0.1) is 12.6 Å². The third-order valence-electron chi connectivity index (χ3n) is 1.71. The zero-order valence-corrected chi connectivity index (χ0v) is 7.68. The van der Waals surface area contributed by atoms with E-state index in [9.17, 15) is 5.11 Å². The monoisotopic (exact) mass is 181 g/mol. The van der Waals surface area contributed by atoms with Crippen molar-refractivity contribution in [1.29, 1.82) is 0 Å². The van der Waals surface area contributed by atoms with Crippen molar-refractivity contribution in [3.63, 3.8) is 0 Å². The van der Waals surface area contributed by atoms with Gasteiger partial charge in [0.1, 0.15) is 0 Å². The molecule has 0 aliphatic heterocycles. The van der Waals surface area contributed by atoms with E-state index in [4.69, 9.17) is 10.5 Å². The molecule has 0 heterocycles. The molecule has 0 bridgehead atoms. The minimum atomic E-state index is -0.889. The van der Waals surface area contributed by atoms with E-state index in [1.165, 1.54) is 0 Å². The first-order valence-corrected chi connectivity index (χ1v) is 4.29. The summed E-state index contributed by atoms with van der Waals surface area (Å²) in [4.78, 5) is 0. The minimum absolute atomic E-state index is 0.358. The van der Waals surface area contributed by atoms with E-state index in [1.807, 2.05) is 30.3 Å². The highest BCUT2D eigenvalue weighted by Gasteiger charge is 2.08. The van der Waals surface area contributed by atoms with E-state index < -0.39 is 6.29 Å². The lowest BCUT2D eigenvalue weighted by molar-refractivity contribution is -0.118. The Bertz CT molecular complexity index is 236. The van der Waals surface area contributed by atoms with Gasteiger partial charge in [-0.15, -0.1) is 0 Å². The molecule has 1 aromatic carbocycles. The van der Waals surface area contributed by atoms with Crippen molar-refractivity contribution < 1.29 is 9.84 Å². The standard InChI is InChI=1S/C10H15NO2/c1-8(11)10(12)13-7-9-5-3-2-4-6-9/h2-6,8,10,12H,7,11H2,1H3/t8?,10-/m1/s1. The Kier molecular flexibility index (Phi) is 3.89. The minimum Gasteiger partial charge on any atom is -0.367 e. The predicted octanol–water partition coefficient (Wildman–Crippen LogP) is 0.869. The van der Waals surface area contributed by atoms with E-state index in [0.717, 1.165) is 5.56 Å².